The van der Waals surface area contributed by atoms with E-state index in [2.05, 4.69) is 64.2 Å². The second-order valence-electron chi connectivity index (χ2n) is 5.88. The van der Waals surface area contributed by atoms with Crippen LogP contribution in [0.1, 0.15) is 40.2 Å². The van der Waals surface area contributed by atoms with Gasteiger partial charge in [-0.3, -0.25) is 0 Å². The van der Waals surface area contributed by atoms with Gasteiger partial charge in [0.15, 0.2) is 0 Å². The SMILES string of the molecule is CC(C)CNCc1ccc(SC(C)(C)C)cc1. The Kier molecular flexibility index (Phi) is 5.54. The van der Waals surface area contributed by atoms with Gasteiger partial charge in [-0.15, -0.1) is 11.8 Å². The van der Waals surface area contributed by atoms with Gasteiger partial charge < -0.3 is 5.32 Å². The summed E-state index contributed by atoms with van der Waals surface area (Å²) in [4.78, 5) is 1.35. The average Bonchev–Trinajstić information content (AvgIpc) is 2.18. The molecule has 17 heavy (non-hydrogen) atoms. The van der Waals surface area contributed by atoms with Crippen LogP contribution in [0.25, 0.3) is 0 Å². The number of thioether (sulfide) groups is 1. The van der Waals surface area contributed by atoms with Gasteiger partial charge in [-0.2, -0.15) is 0 Å². The molecular weight excluding hydrogens is 226 g/mol. The first-order valence-corrected chi connectivity index (χ1v) is 7.17. The highest BCUT2D eigenvalue weighted by molar-refractivity contribution is 8.00. The molecule has 1 rings (SSSR count). The molecule has 0 fully saturated rings. The third-order valence-corrected chi connectivity index (χ3v) is 3.35. The van der Waals surface area contributed by atoms with Gasteiger partial charge in [-0.25, -0.2) is 0 Å². The van der Waals surface area contributed by atoms with Crippen molar-refractivity contribution in [2.24, 2.45) is 5.92 Å². The predicted octanol–water partition coefficient (Wildman–Crippen LogP) is 4.32. The summed E-state index contributed by atoms with van der Waals surface area (Å²) >= 11 is 1.92. The Morgan fingerprint density at radius 1 is 1.12 bits per heavy atom. The topological polar surface area (TPSA) is 12.0 Å². The molecule has 2 heteroatoms. The molecule has 0 aromatic heterocycles. The lowest BCUT2D eigenvalue weighted by Gasteiger charge is -2.17. The summed E-state index contributed by atoms with van der Waals surface area (Å²) in [7, 11) is 0. The van der Waals surface area contributed by atoms with Gasteiger partial charge in [-0.05, 0) is 30.2 Å². The maximum atomic E-state index is 3.46. The highest BCUT2D eigenvalue weighted by Gasteiger charge is 2.11. The lowest BCUT2D eigenvalue weighted by atomic mass is 10.2. The fraction of sp³-hybridized carbons (Fsp3) is 0.600. The summed E-state index contributed by atoms with van der Waals surface area (Å²) in [5.41, 5.74) is 1.36. The minimum Gasteiger partial charge on any atom is -0.312 e. The van der Waals surface area contributed by atoms with Crippen molar-refractivity contribution in [2.45, 2.75) is 50.8 Å². The van der Waals surface area contributed by atoms with Crippen LogP contribution in [0, 0.1) is 5.92 Å². The summed E-state index contributed by atoms with van der Waals surface area (Å²) in [5.74, 6) is 0.714. The van der Waals surface area contributed by atoms with Crippen LogP contribution in [0.15, 0.2) is 29.2 Å². The monoisotopic (exact) mass is 251 g/mol. The molecule has 0 saturated carbocycles. The van der Waals surface area contributed by atoms with E-state index in [9.17, 15) is 0 Å². The maximum absolute atomic E-state index is 3.46. The Bertz CT molecular complexity index is 322. The number of hydrogen-bond acceptors (Lipinski definition) is 2. The molecular formula is C15H25NS. The minimum atomic E-state index is 0.289. The molecule has 0 radical (unpaired) electrons. The molecule has 1 aromatic carbocycles. The summed E-state index contributed by atoms with van der Waals surface area (Å²) < 4.78 is 0.289. The number of benzene rings is 1. The molecule has 0 heterocycles. The summed E-state index contributed by atoms with van der Waals surface area (Å²) in [5, 5.41) is 3.46. The van der Waals surface area contributed by atoms with Gasteiger partial charge in [0.2, 0.25) is 0 Å². The van der Waals surface area contributed by atoms with Crippen molar-refractivity contribution in [3.05, 3.63) is 29.8 Å². The van der Waals surface area contributed by atoms with Crippen molar-refractivity contribution in [3.8, 4) is 0 Å². The van der Waals surface area contributed by atoms with E-state index in [1.165, 1.54) is 10.5 Å². The van der Waals surface area contributed by atoms with Crippen LogP contribution in [-0.4, -0.2) is 11.3 Å². The van der Waals surface area contributed by atoms with E-state index >= 15 is 0 Å². The van der Waals surface area contributed by atoms with Crippen LogP contribution in [-0.2, 0) is 6.54 Å². The Hall–Kier alpha value is -0.470. The molecule has 0 spiro atoms. The second-order valence-corrected chi connectivity index (χ2v) is 7.78. The van der Waals surface area contributed by atoms with Crippen molar-refractivity contribution in [2.75, 3.05) is 6.54 Å². The Labute approximate surface area is 110 Å². The van der Waals surface area contributed by atoms with E-state index < -0.39 is 0 Å². The second kappa shape index (κ2) is 6.46. The third-order valence-electron chi connectivity index (χ3n) is 2.23. The van der Waals surface area contributed by atoms with Crippen LogP contribution < -0.4 is 5.32 Å². The maximum Gasteiger partial charge on any atom is 0.0205 e. The van der Waals surface area contributed by atoms with Crippen molar-refractivity contribution in [1.29, 1.82) is 0 Å². The highest BCUT2D eigenvalue weighted by atomic mass is 32.2. The molecule has 0 unspecified atom stereocenters. The third kappa shape index (κ3) is 6.75. The molecule has 0 aliphatic rings. The average molecular weight is 251 g/mol. The van der Waals surface area contributed by atoms with Crippen LogP contribution in [0.2, 0.25) is 0 Å². The first kappa shape index (κ1) is 14.6. The van der Waals surface area contributed by atoms with Crippen LogP contribution >= 0.6 is 11.8 Å². The zero-order valence-electron chi connectivity index (χ0n) is 11.7. The molecule has 0 aliphatic carbocycles. The Morgan fingerprint density at radius 2 is 1.71 bits per heavy atom. The number of hydrogen-bond donors (Lipinski definition) is 1. The minimum absolute atomic E-state index is 0.289. The van der Waals surface area contributed by atoms with Gasteiger partial charge in [0, 0.05) is 16.2 Å². The molecule has 1 aromatic rings. The summed E-state index contributed by atoms with van der Waals surface area (Å²) in [6.07, 6.45) is 0. The van der Waals surface area contributed by atoms with Gasteiger partial charge in [0.05, 0.1) is 0 Å². The molecule has 0 saturated heterocycles. The first-order valence-electron chi connectivity index (χ1n) is 6.35. The van der Waals surface area contributed by atoms with E-state index in [1.807, 2.05) is 11.8 Å². The van der Waals surface area contributed by atoms with Gasteiger partial charge >= 0.3 is 0 Å². The van der Waals surface area contributed by atoms with Crippen molar-refractivity contribution >= 4 is 11.8 Å². The Morgan fingerprint density at radius 3 is 2.18 bits per heavy atom. The van der Waals surface area contributed by atoms with Crippen molar-refractivity contribution < 1.29 is 0 Å². The predicted molar refractivity (Wildman–Crippen MR) is 78.6 cm³/mol. The zero-order chi connectivity index (χ0) is 12.9. The van der Waals surface area contributed by atoms with E-state index in [0.29, 0.717) is 5.92 Å². The zero-order valence-corrected chi connectivity index (χ0v) is 12.5. The first-order chi connectivity index (χ1) is 7.87. The van der Waals surface area contributed by atoms with Crippen molar-refractivity contribution in [1.82, 2.24) is 5.32 Å². The largest absolute Gasteiger partial charge is 0.312 e. The van der Waals surface area contributed by atoms with Gasteiger partial charge in [-0.1, -0.05) is 46.8 Å². The van der Waals surface area contributed by atoms with E-state index in [-0.39, 0.29) is 4.75 Å². The fourth-order valence-corrected chi connectivity index (χ4v) is 2.51. The number of nitrogens with one attached hydrogen (secondary N) is 1. The molecule has 1 nitrogen and oxygen atoms in total. The molecule has 0 amide bonds. The van der Waals surface area contributed by atoms with E-state index in [1.54, 1.807) is 0 Å². The van der Waals surface area contributed by atoms with Gasteiger partial charge in [0.25, 0.3) is 0 Å². The summed E-state index contributed by atoms with van der Waals surface area (Å²) in [6.45, 7) is 13.3. The molecule has 0 bridgehead atoms. The Balaban J connectivity index is 2.45. The lowest BCUT2D eigenvalue weighted by molar-refractivity contribution is 0.552. The standard InChI is InChI=1S/C15H25NS/c1-12(2)10-16-11-13-6-8-14(9-7-13)17-15(3,4)5/h6-9,12,16H,10-11H2,1-5H3. The molecule has 0 atom stereocenters. The molecule has 0 aliphatic heterocycles. The lowest BCUT2D eigenvalue weighted by Crippen LogP contribution is -2.18. The van der Waals surface area contributed by atoms with E-state index in [0.717, 1.165) is 13.1 Å². The van der Waals surface area contributed by atoms with Crippen LogP contribution in [0.3, 0.4) is 0 Å². The molecule has 96 valence electrons. The number of rotatable bonds is 5. The summed E-state index contributed by atoms with van der Waals surface area (Å²) in [6, 6.07) is 8.90. The van der Waals surface area contributed by atoms with Crippen LogP contribution in [0.4, 0.5) is 0 Å². The van der Waals surface area contributed by atoms with Crippen molar-refractivity contribution in [3.63, 3.8) is 0 Å². The van der Waals surface area contributed by atoms with Gasteiger partial charge in [0.1, 0.15) is 0 Å². The highest BCUT2D eigenvalue weighted by Crippen LogP contribution is 2.31. The quantitative estimate of drug-likeness (QED) is 0.782. The van der Waals surface area contributed by atoms with Crippen LogP contribution in [0.5, 0.6) is 0 Å². The normalized spacial score (nSPS) is 12.1. The fourth-order valence-electron chi connectivity index (χ4n) is 1.53. The molecule has 1 N–H and O–H groups in total. The van der Waals surface area contributed by atoms with E-state index in [4.69, 9.17) is 0 Å². The smallest absolute Gasteiger partial charge is 0.0205 e.